The molecule has 0 atom stereocenters. The fraction of sp³-hybridized carbons (Fsp3) is 0.348. The van der Waals surface area contributed by atoms with Gasteiger partial charge in [0.2, 0.25) is 0 Å². The van der Waals surface area contributed by atoms with Crippen molar-refractivity contribution in [3.63, 3.8) is 0 Å². The van der Waals surface area contributed by atoms with E-state index >= 15 is 0 Å². The molecule has 0 saturated heterocycles. The summed E-state index contributed by atoms with van der Waals surface area (Å²) in [5, 5.41) is 3.39. The van der Waals surface area contributed by atoms with Crippen LogP contribution in [0, 0.1) is 6.92 Å². The number of allylic oxidation sites excluding steroid dienone is 1. The predicted octanol–water partition coefficient (Wildman–Crippen LogP) is 4.83. The quantitative estimate of drug-likeness (QED) is 0.522. The molecular formula is C23H27ClN2O4S. The molecule has 3 rings (SSSR count). The van der Waals surface area contributed by atoms with Gasteiger partial charge < -0.3 is 10.1 Å². The zero-order valence-electron chi connectivity index (χ0n) is 17.5. The van der Waals surface area contributed by atoms with Crippen LogP contribution in [-0.4, -0.2) is 27.5 Å². The lowest BCUT2D eigenvalue weighted by Gasteiger charge is -2.14. The number of aryl methyl sites for hydroxylation is 1. The number of benzene rings is 2. The molecule has 2 aromatic rings. The van der Waals surface area contributed by atoms with Crippen LogP contribution in [0.25, 0.3) is 0 Å². The topological polar surface area (TPSA) is 84.5 Å². The molecule has 166 valence electrons. The summed E-state index contributed by atoms with van der Waals surface area (Å²) in [4.78, 5) is 12.2. The number of rotatable bonds is 9. The number of carbonyl (C=O) groups is 1. The van der Waals surface area contributed by atoms with Crippen molar-refractivity contribution in [2.24, 2.45) is 0 Å². The average Bonchev–Trinajstić information content (AvgIpc) is 2.75. The smallest absolute Gasteiger partial charge is 0.261 e. The van der Waals surface area contributed by atoms with Gasteiger partial charge >= 0.3 is 0 Å². The molecule has 2 aromatic carbocycles. The van der Waals surface area contributed by atoms with E-state index in [2.05, 4.69) is 16.1 Å². The zero-order valence-corrected chi connectivity index (χ0v) is 19.1. The van der Waals surface area contributed by atoms with E-state index in [1.54, 1.807) is 37.3 Å². The van der Waals surface area contributed by atoms with Crippen LogP contribution >= 0.6 is 11.6 Å². The van der Waals surface area contributed by atoms with Gasteiger partial charge in [-0.2, -0.15) is 0 Å². The summed E-state index contributed by atoms with van der Waals surface area (Å²) in [5.41, 5.74) is 2.45. The van der Waals surface area contributed by atoms with Crippen molar-refractivity contribution in [3.8, 4) is 5.75 Å². The number of ether oxygens (including phenoxy) is 1. The third kappa shape index (κ3) is 7.01. The Hall–Kier alpha value is -2.51. The highest BCUT2D eigenvalue weighted by molar-refractivity contribution is 7.92. The summed E-state index contributed by atoms with van der Waals surface area (Å²) >= 11 is 5.83. The second kappa shape index (κ2) is 10.7. The second-order valence-corrected chi connectivity index (χ2v) is 9.66. The van der Waals surface area contributed by atoms with E-state index < -0.39 is 10.0 Å². The molecule has 0 saturated carbocycles. The predicted molar refractivity (Wildman–Crippen MR) is 123 cm³/mol. The van der Waals surface area contributed by atoms with Crippen molar-refractivity contribution in [3.05, 3.63) is 64.7 Å². The van der Waals surface area contributed by atoms with Gasteiger partial charge in [0, 0.05) is 17.3 Å². The maximum Gasteiger partial charge on any atom is 0.261 e. The molecule has 8 heteroatoms. The van der Waals surface area contributed by atoms with E-state index in [0.29, 0.717) is 28.6 Å². The zero-order chi connectivity index (χ0) is 22.3. The van der Waals surface area contributed by atoms with Gasteiger partial charge in [-0.15, -0.1) is 0 Å². The largest absolute Gasteiger partial charge is 0.484 e. The van der Waals surface area contributed by atoms with E-state index in [9.17, 15) is 13.2 Å². The number of hydrogen-bond donors (Lipinski definition) is 2. The monoisotopic (exact) mass is 462 g/mol. The minimum absolute atomic E-state index is 0.109. The molecule has 0 spiro atoms. The van der Waals surface area contributed by atoms with Crippen molar-refractivity contribution in [1.82, 2.24) is 5.32 Å². The lowest BCUT2D eigenvalue weighted by atomic mass is 9.97. The van der Waals surface area contributed by atoms with Crippen molar-refractivity contribution in [2.75, 3.05) is 17.9 Å². The van der Waals surface area contributed by atoms with Crippen LogP contribution in [0.4, 0.5) is 5.69 Å². The molecule has 2 N–H and O–H groups in total. The lowest BCUT2D eigenvalue weighted by molar-refractivity contribution is -0.123. The first-order valence-electron chi connectivity index (χ1n) is 10.3. The fourth-order valence-corrected chi connectivity index (χ4v) is 4.64. The van der Waals surface area contributed by atoms with Crippen LogP contribution in [0.2, 0.25) is 5.02 Å². The molecule has 0 fully saturated rings. The number of halogens is 1. The molecule has 31 heavy (non-hydrogen) atoms. The van der Waals surface area contributed by atoms with Crippen LogP contribution in [0.5, 0.6) is 5.75 Å². The summed E-state index contributed by atoms with van der Waals surface area (Å²) in [5.74, 6) is 0.271. The van der Waals surface area contributed by atoms with Crippen LogP contribution in [0.1, 0.15) is 37.7 Å². The van der Waals surface area contributed by atoms with Crippen LogP contribution < -0.4 is 14.8 Å². The Balaban J connectivity index is 1.52. The Bertz CT molecular complexity index is 1050. The van der Waals surface area contributed by atoms with Crippen LogP contribution in [0.15, 0.2) is 59.0 Å². The van der Waals surface area contributed by atoms with E-state index in [1.165, 1.54) is 30.5 Å². The van der Waals surface area contributed by atoms with Gasteiger partial charge in [-0.05, 0) is 87.1 Å². The number of sulfonamides is 1. The maximum absolute atomic E-state index is 12.6. The molecule has 0 heterocycles. The molecule has 0 bridgehead atoms. The normalized spacial score (nSPS) is 13.9. The molecule has 1 aliphatic rings. The first-order chi connectivity index (χ1) is 14.8. The van der Waals surface area contributed by atoms with E-state index in [4.69, 9.17) is 16.3 Å². The number of anilines is 1. The van der Waals surface area contributed by atoms with Gasteiger partial charge in [0.25, 0.3) is 15.9 Å². The summed E-state index contributed by atoms with van der Waals surface area (Å²) < 4.78 is 33.3. The van der Waals surface area contributed by atoms with Crippen molar-refractivity contribution < 1.29 is 17.9 Å². The Morgan fingerprint density at radius 1 is 1.13 bits per heavy atom. The molecule has 6 nitrogen and oxygen atoms in total. The Kier molecular flexibility index (Phi) is 7.98. The van der Waals surface area contributed by atoms with Gasteiger partial charge in [-0.3, -0.25) is 9.52 Å². The summed E-state index contributed by atoms with van der Waals surface area (Å²) in [7, 11) is -3.75. The minimum atomic E-state index is -3.75. The SMILES string of the molecule is Cc1cc(S(=O)(=O)Nc2ccc(Cl)cc2)ccc1OCC(=O)NCCC1=CCCCC1. The van der Waals surface area contributed by atoms with Gasteiger partial charge in [0.05, 0.1) is 4.90 Å². The highest BCUT2D eigenvalue weighted by atomic mass is 35.5. The van der Waals surface area contributed by atoms with Gasteiger partial charge in [-0.25, -0.2) is 8.42 Å². The lowest BCUT2D eigenvalue weighted by Crippen LogP contribution is -2.30. The fourth-order valence-electron chi connectivity index (χ4n) is 3.37. The van der Waals surface area contributed by atoms with Crippen LogP contribution in [0.3, 0.4) is 0 Å². The maximum atomic E-state index is 12.6. The number of amides is 1. The van der Waals surface area contributed by atoms with Gasteiger partial charge in [-0.1, -0.05) is 23.3 Å². The molecule has 0 aliphatic heterocycles. The first-order valence-corrected chi connectivity index (χ1v) is 12.2. The highest BCUT2D eigenvalue weighted by Gasteiger charge is 2.16. The number of nitrogens with one attached hydrogen (secondary N) is 2. The van der Waals surface area contributed by atoms with Crippen molar-refractivity contribution in [2.45, 2.75) is 43.9 Å². The molecular weight excluding hydrogens is 436 g/mol. The van der Waals surface area contributed by atoms with E-state index in [0.717, 1.165) is 19.3 Å². The third-order valence-corrected chi connectivity index (χ3v) is 6.70. The standard InChI is InChI=1S/C23H27ClN2O4S/c1-17-15-21(31(28,29)26-20-9-7-19(24)8-10-20)11-12-22(17)30-16-23(27)25-14-13-18-5-3-2-4-6-18/h5,7-12,15,26H,2-4,6,13-14,16H2,1H3,(H,25,27). The third-order valence-electron chi connectivity index (χ3n) is 5.07. The molecule has 0 unspecified atom stereocenters. The van der Waals surface area contributed by atoms with Gasteiger partial charge in [0.15, 0.2) is 6.61 Å². The summed E-state index contributed by atoms with van der Waals surface area (Å²) in [6, 6.07) is 10.9. The molecule has 1 amide bonds. The Labute approximate surface area is 188 Å². The van der Waals surface area contributed by atoms with E-state index in [-0.39, 0.29) is 17.4 Å². The summed E-state index contributed by atoms with van der Waals surface area (Å²) in [6.07, 6.45) is 7.87. The Morgan fingerprint density at radius 2 is 1.90 bits per heavy atom. The molecule has 0 aromatic heterocycles. The first kappa shape index (κ1) is 23.2. The van der Waals surface area contributed by atoms with Gasteiger partial charge in [0.1, 0.15) is 5.75 Å². The molecule has 1 aliphatic carbocycles. The highest BCUT2D eigenvalue weighted by Crippen LogP contribution is 2.24. The Morgan fingerprint density at radius 3 is 2.58 bits per heavy atom. The summed E-state index contributed by atoms with van der Waals surface area (Å²) in [6.45, 7) is 2.22. The van der Waals surface area contributed by atoms with Crippen molar-refractivity contribution >= 4 is 33.2 Å². The average molecular weight is 463 g/mol. The van der Waals surface area contributed by atoms with E-state index in [1.807, 2.05) is 0 Å². The van der Waals surface area contributed by atoms with Crippen molar-refractivity contribution in [1.29, 1.82) is 0 Å². The van der Waals surface area contributed by atoms with Crippen LogP contribution in [-0.2, 0) is 14.8 Å². The number of carbonyl (C=O) groups excluding carboxylic acids is 1. The molecule has 0 radical (unpaired) electrons. The number of hydrogen-bond acceptors (Lipinski definition) is 4. The minimum Gasteiger partial charge on any atom is -0.484 e. The second-order valence-electron chi connectivity index (χ2n) is 7.54.